The molecule has 27 heavy (non-hydrogen) atoms. The first-order chi connectivity index (χ1) is 13.1. The maximum atomic E-state index is 12.4. The normalized spacial score (nSPS) is 20.4. The van der Waals surface area contributed by atoms with Gasteiger partial charge in [-0.25, -0.2) is 0 Å². The summed E-state index contributed by atoms with van der Waals surface area (Å²) in [5.41, 5.74) is 2.70. The van der Waals surface area contributed by atoms with E-state index in [-0.39, 0.29) is 17.7 Å². The van der Waals surface area contributed by atoms with E-state index < -0.39 is 0 Å². The Hall–Kier alpha value is -2.63. The smallest absolute Gasteiger partial charge is 0.251 e. The zero-order valence-electron chi connectivity index (χ0n) is 15.7. The van der Waals surface area contributed by atoms with Crippen LogP contribution >= 0.6 is 0 Å². The SMILES string of the molecule is Cn1cc(-c2ccc(C(=O)NCC3CC(=O)N(C4CCCC4)C3)cc2)cn1. The summed E-state index contributed by atoms with van der Waals surface area (Å²) < 4.78 is 1.76. The Morgan fingerprint density at radius 2 is 1.93 bits per heavy atom. The maximum Gasteiger partial charge on any atom is 0.251 e. The Bertz CT molecular complexity index is 821. The summed E-state index contributed by atoms with van der Waals surface area (Å²) in [6.45, 7) is 1.34. The second-order valence-corrected chi connectivity index (χ2v) is 7.74. The Balaban J connectivity index is 1.31. The van der Waals surface area contributed by atoms with Gasteiger partial charge in [-0.3, -0.25) is 14.3 Å². The van der Waals surface area contributed by atoms with Crippen LogP contribution in [0.5, 0.6) is 0 Å². The van der Waals surface area contributed by atoms with E-state index in [0.717, 1.165) is 30.5 Å². The number of aromatic nitrogens is 2. The molecule has 1 atom stereocenters. The zero-order chi connectivity index (χ0) is 18.8. The van der Waals surface area contributed by atoms with Crippen molar-refractivity contribution >= 4 is 11.8 Å². The molecule has 1 aromatic carbocycles. The highest BCUT2D eigenvalue weighted by Gasteiger charge is 2.35. The van der Waals surface area contributed by atoms with Crippen molar-refractivity contribution in [2.45, 2.75) is 38.1 Å². The molecule has 2 heterocycles. The third-order valence-electron chi connectivity index (χ3n) is 5.74. The summed E-state index contributed by atoms with van der Waals surface area (Å²) in [6.07, 6.45) is 9.03. The number of aryl methyl sites for hydroxylation is 1. The molecule has 1 N–H and O–H groups in total. The van der Waals surface area contributed by atoms with E-state index >= 15 is 0 Å². The van der Waals surface area contributed by atoms with Crippen molar-refractivity contribution in [1.82, 2.24) is 20.0 Å². The van der Waals surface area contributed by atoms with Gasteiger partial charge < -0.3 is 10.2 Å². The zero-order valence-corrected chi connectivity index (χ0v) is 15.7. The average Bonchev–Trinajstić information content (AvgIpc) is 3.41. The van der Waals surface area contributed by atoms with Crippen LogP contribution < -0.4 is 5.32 Å². The molecule has 2 amide bonds. The molecule has 1 aromatic heterocycles. The minimum absolute atomic E-state index is 0.0838. The monoisotopic (exact) mass is 366 g/mol. The molecule has 0 radical (unpaired) electrons. The molecular weight excluding hydrogens is 340 g/mol. The highest BCUT2D eigenvalue weighted by atomic mass is 16.2. The number of benzene rings is 1. The minimum atomic E-state index is -0.0838. The number of hydrogen-bond donors (Lipinski definition) is 1. The van der Waals surface area contributed by atoms with E-state index in [0.29, 0.717) is 24.6 Å². The van der Waals surface area contributed by atoms with Crippen LogP contribution in [-0.4, -0.2) is 45.6 Å². The molecule has 1 aliphatic carbocycles. The lowest BCUT2D eigenvalue weighted by molar-refractivity contribution is -0.129. The number of likely N-dealkylation sites (tertiary alicyclic amines) is 1. The molecular formula is C21H26N4O2. The lowest BCUT2D eigenvalue weighted by atomic mass is 10.1. The molecule has 2 aromatic rings. The summed E-state index contributed by atoms with van der Waals surface area (Å²) >= 11 is 0. The number of rotatable bonds is 5. The Labute approximate surface area is 159 Å². The van der Waals surface area contributed by atoms with Crippen molar-refractivity contribution in [3.05, 3.63) is 42.2 Å². The highest BCUT2D eigenvalue weighted by molar-refractivity contribution is 5.94. The molecule has 6 nitrogen and oxygen atoms in total. The second kappa shape index (κ2) is 7.55. The number of nitrogens with zero attached hydrogens (tertiary/aromatic N) is 3. The topological polar surface area (TPSA) is 67.2 Å². The quantitative estimate of drug-likeness (QED) is 0.884. The molecule has 0 bridgehead atoms. The largest absolute Gasteiger partial charge is 0.352 e. The standard InChI is InChI=1S/C21H26N4O2/c1-24-14-18(12-23-24)16-6-8-17(9-7-16)21(27)22-11-15-10-20(26)25(13-15)19-4-2-3-5-19/h6-9,12,14-15,19H,2-5,10-11,13H2,1H3,(H,22,27). The highest BCUT2D eigenvalue weighted by Crippen LogP contribution is 2.29. The van der Waals surface area contributed by atoms with Crippen LogP contribution in [0.4, 0.5) is 0 Å². The molecule has 1 aliphatic heterocycles. The van der Waals surface area contributed by atoms with Crippen LogP contribution in [0.2, 0.25) is 0 Å². The summed E-state index contributed by atoms with van der Waals surface area (Å²) in [7, 11) is 1.88. The Morgan fingerprint density at radius 1 is 1.19 bits per heavy atom. The van der Waals surface area contributed by atoms with Gasteiger partial charge in [0.25, 0.3) is 5.91 Å². The van der Waals surface area contributed by atoms with Crippen molar-refractivity contribution in [2.75, 3.05) is 13.1 Å². The summed E-state index contributed by atoms with van der Waals surface area (Å²) in [5, 5.41) is 7.17. The first-order valence-electron chi connectivity index (χ1n) is 9.77. The van der Waals surface area contributed by atoms with Gasteiger partial charge in [-0.2, -0.15) is 5.10 Å². The summed E-state index contributed by atoms with van der Waals surface area (Å²) in [5.74, 6) is 0.387. The molecule has 4 rings (SSSR count). The molecule has 2 fully saturated rings. The predicted octanol–water partition coefficient (Wildman–Crippen LogP) is 2.61. The molecule has 1 saturated carbocycles. The van der Waals surface area contributed by atoms with Crippen molar-refractivity contribution in [2.24, 2.45) is 13.0 Å². The van der Waals surface area contributed by atoms with Crippen molar-refractivity contribution in [3.63, 3.8) is 0 Å². The van der Waals surface area contributed by atoms with Gasteiger partial charge in [0.15, 0.2) is 0 Å². The van der Waals surface area contributed by atoms with E-state index in [4.69, 9.17) is 0 Å². The second-order valence-electron chi connectivity index (χ2n) is 7.74. The van der Waals surface area contributed by atoms with Crippen LogP contribution in [0, 0.1) is 5.92 Å². The van der Waals surface area contributed by atoms with Crippen LogP contribution in [0.15, 0.2) is 36.7 Å². The molecule has 6 heteroatoms. The van der Waals surface area contributed by atoms with Gasteiger partial charge in [0.1, 0.15) is 0 Å². The van der Waals surface area contributed by atoms with E-state index in [1.807, 2.05) is 48.6 Å². The number of hydrogen-bond acceptors (Lipinski definition) is 3. The Morgan fingerprint density at radius 3 is 2.59 bits per heavy atom. The number of amides is 2. The maximum absolute atomic E-state index is 12.4. The van der Waals surface area contributed by atoms with Crippen molar-refractivity contribution in [3.8, 4) is 11.1 Å². The average molecular weight is 366 g/mol. The van der Waals surface area contributed by atoms with E-state index in [2.05, 4.69) is 10.4 Å². The first kappa shape index (κ1) is 17.8. The molecule has 1 unspecified atom stereocenters. The van der Waals surface area contributed by atoms with Crippen LogP contribution in [-0.2, 0) is 11.8 Å². The molecule has 142 valence electrons. The van der Waals surface area contributed by atoms with Gasteiger partial charge >= 0.3 is 0 Å². The van der Waals surface area contributed by atoms with Gasteiger partial charge in [0, 0.05) is 55.8 Å². The fourth-order valence-electron chi connectivity index (χ4n) is 4.24. The van der Waals surface area contributed by atoms with Gasteiger partial charge in [0.2, 0.25) is 5.91 Å². The van der Waals surface area contributed by atoms with Gasteiger partial charge in [-0.1, -0.05) is 25.0 Å². The predicted molar refractivity (Wildman–Crippen MR) is 103 cm³/mol. The molecule has 0 spiro atoms. The Kier molecular flexibility index (Phi) is 4.97. The molecule has 2 aliphatic rings. The van der Waals surface area contributed by atoms with E-state index in [9.17, 15) is 9.59 Å². The van der Waals surface area contributed by atoms with Gasteiger partial charge in [-0.05, 0) is 30.5 Å². The summed E-state index contributed by atoms with van der Waals surface area (Å²) in [4.78, 5) is 26.8. The molecule has 1 saturated heterocycles. The third kappa shape index (κ3) is 3.89. The van der Waals surface area contributed by atoms with Crippen LogP contribution in [0.1, 0.15) is 42.5 Å². The van der Waals surface area contributed by atoms with E-state index in [1.54, 1.807) is 4.68 Å². The number of nitrogens with one attached hydrogen (secondary N) is 1. The fourth-order valence-corrected chi connectivity index (χ4v) is 4.24. The van der Waals surface area contributed by atoms with Crippen molar-refractivity contribution < 1.29 is 9.59 Å². The number of carbonyl (C=O) groups is 2. The fraction of sp³-hybridized carbons (Fsp3) is 0.476. The lowest BCUT2D eigenvalue weighted by Crippen LogP contribution is -2.36. The van der Waals surface area contributed by atoms with Crippen LogP contribution in [0.3, 0.4) is 0 Å². The minimum Gasteiger partial charge on any atom is -0.352 e. The summed E-state index contributed by atoms with van der Waals surface area (Å²) in [6, 6.07) is 7.97. The van der Waals surface area contributed by atoms with E-state index in [1.165, 1.54) is 12.8 Å². The lowest BCUT2D eigenvalue weighted by Gasteiger charge is -2.24. The first-order valence-corrected chi connectivity index (χ1v) is 9.77. The van der Waals surface area contributed by atoms with Gasteiger partial charge in [-0.15, -0.1) is 0 Å². The third-order valence-corrected chi connectivity index (χ3v) is 5.74. The van der Waals surface area contributed by atoms with Crippen molar-refractivity contribution in [1.29, 1.82) is 0 Å². The van der Waals surface area contributed by atoms with Crippen LogP contribution in [0.25, 0.3) is 11.1 Å². The number of carbonyl (C=O) groups excluding carboxylic acids is 2. The van der Waals surface area contributed by atoms with Gasteiger partial charge in [0.05, 0.1) is 6.20 Å².